The molecule has 0 aliphatic carbocycles. The van der Waals surface area contributed by atoms with Gasteiger partial charge in [0.15, 0.2) is 0 Å². The quantitative estimate of drug-likeness (QED) is 0.858. The van der Waals surface area contributed by atoms with Crippen LogP contribution < -0.4 is 4.72 Å². The maximum atomic E-state index is 12.2. The second-order valence-corrected chi connectivity index (χ2v) is 6.50. The minimum Gasteiger partial charge on any atom is -0.480 e. The molecule has 0 aliphatic heterocycles. The second-order valence-electron chi connectivity index (χ2n) is 4.41. The van der Waals surface area contributed by atoms with Crippen LogP contribution in [-0.4, -0.2) is 25.5 Å². The number of benzene rings is 1. The van der Waals surface area contributed by atoms with Crippen molar-refractivity contribution in [1.82, 2.24) is 4.72 Å². The average molecular weight is 317 g/mol. The molecule has 0 radical (unpaired) electrons. The van der Waals surface area contributed by atoms with Gasteiger partial charge in [-0.15, -0.1) is 0 Å². The number of nitrogens with zero attached hydrogens (tertiary/aromatic N) is 1. The summed E-state index contributed by atoms with van der Waals surface area (Å²) in [6.07, 6.45) is 0. The maximum Gasteiger partial charge on any atom is 0.322 e. The van der Waals surface area contributed by atoms with E-state index in [4.69, 9.17) is 22.0 Å². The van der Waals surface area contributed by atoms with E-state index in [0.29, 0.717) is 0 Å². The van der Waals surface area contributed by atoms with Crippen molar-refractivity contribution in [2.45, 2.75) is 24.8 Å². The van der Waals surface area contributed by atoms with Gasteiger partial charge in [0.2, 0.25) is 10.0 Å². The van der Waals surface area contributed by atoms with Gasteiger partial charge in [0.25, 0.3) is 0 Å². The Hall–Kier alpha value is -1.62. The number of sulfonamides is 1. The van der Waals surface area contributed by atoms with Gasteiger partial charge < -0.3 is 5.11 Å². The summed E-state index contributed by atoms with van der Waals surface area (Å²) >= 11 is 5.77. The van der Waals surface area contributed by atoms with Gasteiger partial charge in [0.05, 0.1) is 10.6 Å². The summed E-state index contributed by atoms with van der Waals surface area (Å²) in [5.41, 5.74) is -0.213. The molecular formula is C12H13ClN2O4S. The zero-order chi connectivity index (χ0) is 15.5. The summed E-state index contributed by atoms with van der Waals surface area (Å²) in [7, 11) is -4.15. The first kappa shape index (κ1) is 16.4. The molecule has 0 aliphatic rings. The van der Waals surface area contributed by atoms with Gasteiger partial charge in [-0.05, 0) is 18.1 Å². The van der Waals surface area contributed by atoms with Gasteiger partial charge >= 0.3 is 5.97 Å². The maximum absolute atomic E-state index is 12.2. The third-order valence-corrected chi connectivity index (χ3v) is 4.39. The number of aliphatic carboxylic acids is 1. The Morgan fingerprint density at radius 1 is 1.45 bits per heavy atom. The number of nitrogens with one attached hydrogen (secondary N) is 1. The highest BCUT2D eigenvalue weighted by Crippen LogP contribution is 2.23. The SMILES string of the molecule is CC(C)[C@H](NS(=O)(=O)c1cccc(Cl)c1C#N)C(=O)O. The van der Waals surface area contributed by atoms with E-state index in [2.05, 4.69) is 4.72 Å². The second kappa shape index (κ2) is 6.22. The van der Waals surface area contributed by atoms with Crippen molar-refractivity contribution in [3.05, 3.63) is 28.8 Å². The molecule has 1 aromatic carbocycles. The van der Waals surface area contributed by atoms with Crippen LogP contribution in [0.4, 0.5) is 0 Å². The Bertz CT molecular complexity index is 665. The van der Waals surface area contributed by atoms with Crippen LogP contribution in [0.25, 0.3) is 0 Å². The van der Waals surface area contributed by atoms with E-state index < -0.39 is 28.0 Å². The molecule has 20 heavy (non-hydrogen) atoms. The van der Waals surface area contributed by atoms with Gasteiger partial charge in [-0.25, -0.2) is 8.42 Å². The fourth-order valence-electron chi connectivity index (χ4n) is 1.54. The molecule has 1 aromatic rings. The van der Waals surface area contributed by atoms with E-state index in [9.17, 15) is 13.2 Å². The number of carboxylic acids is 1. The summed E-state index contributed by atoms with van der Waals surface area (Å²) < 4.78 is 26.5. The number of carbonyl (C=O) groups is 1. The van der Waals surface area contributed by atoms with Gasteiger partial charge in [0, 0.05) is 0 Å². The molecule has 0 amide bonds. The topological polar surface area (TPSA) is 107 Å². The summed E-state index contributed by atoms with van der Waals surface area (Å²) in [6, 6.07) is 4.38. The third kappa shape index (κ3) is 3.48. The van der Waals surface area contributed by atoms with Gasteiger partial charge in [-0.2, -0.15) is 9.98 Å². The number of hydrogen-bond acceptors (Lipinski definition) is 4. The van der Waals surface area contributed by atoms with E-state index in [0.717, 1.165) is 0 Å². The van der Waals surface area contributed by atoms with E-state index >= 15 is 0 Å². The van der Waals surface area contributed by atoms with Crippen molar-refractivity contribution in [2.75, 3.05) is 0 Å². The van der Waals surface area contributed by atoms with Crippen LogP contribution in [0.15, 0.2) is 23.1 Å². The predicted octanol–water partition coefficient (Wildman–Crippen LogP) is 1.60. The van der Waals surface area contributed by atoms with Crippen LogP contribution >= 0.6 is 11.6 Å². The fourth-order valence-corrected chi connectivity index (χ4v) is 3.33. The molecule has 0 bridgehead atoms. The number of carboxylic acid groups (broad SMARTS) is 1. The Morgan fingerprint density at radius 3 is 2.50 bits per heavy atom. The highest BCUT2D eigenvalue weighted by Gasteiger charge is 2.29. The van der Waals surface area contributed by atoms with Crippen LogP contribution in [0.1, 0.15) is 19.4 Å². The standard InChI is InChI=1S/C12H13ClN2O4S/c1-7(2)11(12(16)17)15-20(18,19)10-5-3-4-9(13)8(10)6-14/h3-5,7,11,15H,1-2H3,(H,16,17)/t11-/m0/s1. The molecule has 0 heterocycles. The van der Waals surface area contributed by atoms with E-state index in [1.165, 1.54) is 18.2 Å². The van der Waals surface area contributed by atoms with Crippen LogP contribution in [0.5, 0.6) is 0 Å². The van der Waals surface area contributed by atoms with Crippen molar-refractivity contribution >= 4 is 27.6 Å². The minimum atomic E-state index is -4.15. The summed E-state index contributed by atoms with van der Waals surface area (Å²) in [6.45, 7) is 3.15. The molecule has 108 valence electrons. The number of nitriles is 1. The lowest BCUT2D eigenvalue weighted by Crippen LogP contribution is -2.44. The van der Waals surface area contributed by atoms with Crippen LogP contribution in [0.2, 0.25) is 5.02 Å². The fraction of sp³-hybridized carbons (Fsp3) is 0.333. The largest absolute Gasteiger partial charge is 0.480 e. The molecular weight excluding hydrogens is 304 g/mol. The first-order valence-electron chi connectivity index (χ1n) is 5.64. The van der Waals surface area contributed by atoms with Gasteiger partial charge in [-0.3, -0.25) is 4.79 Å². The van der Waals surface area contributed by atoms with Crippen molar-refractivity contribution in [1.29, 1.82) is 5.26 Å². The van der Waals surface area contributed by atoms with Crippen LogP contribution in [0.3, 0.4) is 0 Å². The first-order chi connectivity index (χ1) is 9.20. The molecule has 0 saturated heterocycles. The molecule has 6 nitrogen and oxygen atoms in total. The smallest absolute Gasteiger partial charge is 0.322 e. The molecule has 0 fully saturated rings. The van der Waals surface area contributed by atoms with Crippen molar-refractivity contribution in [3.63, 3.8) is 0 Å². The summed E-state index contributed by atoms with van der Waals surface area (Å²) in [5.74, 6) is -1.74. The van der Waals surface area contributed by atoms with E-state index in [1.807, 2.05) is 0 Å². The predicted molar refractivity (Wildman–Crippen MR) is 72.8 cm³/mol. The number of hydrogen-bond donors (Lipinski definition) is 2. The van der Waals surface area contributed by atoms with Gasteiger partial charge in [-0.1, -0.05) is 31.5 Å². The molecule has 8 heteroatoms. The van der Waals surface area contributed by atoms with Crippen LogP contribution in [0, 0.1) is 17.2 Å². The average Bonchev–Trinajstić information content (AvgIpc) is 2.35. The molecule has 0 spiro atoms. The summed E-state index contributed by atoms with van der Waals surface area (Å²) in [5, 5.41) is 18.0. The van der Waals surface area contributed by atoms with E-state index in [-0.39, 0.29) is 15.5 Å². The lowest BCUT2D eigenvalue weighted by atomic mass is 10.1. The molecule has 1 atom stereocenters. The molecule has 0 unspecified atom stereocenters. The minimum absolute atomic E-state index is 0.00760. The number of rotatable bonds is 5. The lowest BCUT2D eigenvalue weighted by Gasteiger charge is -2.18. The molecule has 1 rings (SSSR count). The van der Waals surface area contributed by atoms with Crippen molar-refractivity contribution in [2.24, 2.45) is 5.92 Å². The van der Waals surface area contributed by atoms with E-state index in [1.54, 1.807) is 19.9 Å². The lowest BCUT2D eigenvalue weighted by molar-refractivity contribution is -0.140. The zero-order valence-corrected chi connectivity index (χ0v) is 12.4. The third-order valence-electron chi connectivity index (χ3n) is 2.59. The van der Waals surface area contributed by atoms with Crippen molar-refractivity contribution < 1.29 is 18.3 Å². The number of halogens is 1. The van der Waals surface area contributed by atoms with Crippen LogP contribution in [-0.2, 0) is 14.8 Å². The Labute approximate surface area is 122 Å². The Balaban J connectivity index is 3.29. The Morgan fingerprint density at radius 2 is 2.05 bits per heavy atom. The van der Waals surface area contributed by atoms with Crippen molar-refractivity contribution in [3.8, 4) is 6.07 Å². The molecule has 2 N–H and O–H groups in total. The Kier molecular flexibility index (Phi) is 5.11. The summed E-state index contributed by atoms with van der Waals surface area (Å²) in [4.78, 5) is 10.7. The normalized spacial score (nSPS) is 12.9. The van der Waals surface area contributed by atoms with Gasteiger partial charge in [0.1, 0.15) is 17.0 Å². The first-order valence-corrected chi connectivity index (χ1v) is 7.50. The molecule has 0 aromatic heterocycles. The highest BCUT2D eigenvalue weighted by molar-refractivity contribution is 7.89. The highest BCUT2D eigenvalue weighted by atomic mass is 35.5. The zero-order valence-electron chi connectivity index (χ0n) is 10.8. The monoisotopic (exact) mass is 316 g/mol. The molecule has 0 saturated carbocycles.